The van der Waals surface area contributed by atoms with Crippen molar-refractivity contribution >= 4 is 11.5 Å². The Kier molecular flexibility index (Phi) is 4.53. The molecule has 0 amide bonds. The number of benzene rings is 1. The van der Waals surface area contributed by atoms with Crippen LogP contribution in [0.15, 0.2) is 36.4 Å². The van der Waals surface area contributed by atoms with Gasteiger partial charge in [-0.3, -0.25) is 4.90 Å². The van der Waals surface area contributed by atoms with Gasteiger partial charge in [-0.2, -0.15) is 0 Å². The minimum absolute atomic E-state index is 0.638. The minimum atomic E-state index is 0.638. The summed E-state index contributed by atoms with van der Waals surface area (Å²) in [6.45, 7) is 6.34. The monoisotopic (exact) mass is 338 g/mol. The first-order valence-electron chi connectivity index (χ1n) is 8.54. The molecule has 25 heavy (non-hydrogen) atoms. The molecule has 3 aromatic rings. The van der Waals surface area contributed by atoms with Crippen LogP contribution in [0.3, 0.4) is 0 Å². The van der Waals surface area contributed by atoms with Gasteiger partial charge in [0.1, 0.15) is 5.82 Å². The molecular formula is C17H22N8. The highest BCUT2D eigenvalue weighted by Crippen LogP contribution is 2.11. The van der Waals surface area contributed by atoms with Crippen LogP contribution < -0.4 is 5.32 Å². The van der Waals surface area contributed by atoms with Crippen LogP contribution in [0.5, 0.6) is 0 Å². The second-order valence-electron chi connectivity index (χ2n) is 6.49. The standard InChI is InChI=1S/C17H22N8/c1-23-8-10-24(11-9-23)13-15-4-2-14(3-5-15)12-18-16-6-7-17-19-21-22-25(17)20-16/h2-7H,8-13H2,1H3,(H,18,20). The summed E-state index contributed by atoms with van der Waals surface area (Å²) in [5, 5.41) is 18.9. The van der Waals surface area contributed by atoms with Crippen LogP contribution in [0.25, 0.3) is 5.65 Å². The van der Waals surface area contributed by atoms with Gasteiger partial charge in [0.15, 0.2) is 5.65 Å². The molecule has 0 saturated carbocycles. The zero-order valence-corrected chi connectivity index (χ0v) is 14.3. The van der Waals surface area contributed by atoms with Gasteiger partial charge in [0.05, 0.1) is 0 Å². The van der Waals surface area contributed by atoms with Crippen LogP contribution in [0, 0.1) is 0 Å². The first kappa shape index (κ1) is 15.9. The Hall–Kier alpha value is -2.58. The third-order valence-corrected chi connectivity index (χ3v) is 4.57. The lowest BCUT2D eigenvalue weighted by atomic mass is 10.1. The van der Waals surface area contributed by atoms with Crippen molar-refractivity contribution in [3.8, 4) is 0 Å². The lowest BCUT2D eigenvalue weighted by Gasteiger charge is -2.32. The van der Waals surface area contributed by atoms with Gasteiger partial charge < -0.3 is 10.2 Å². The molecule has 1 aromatic carbocycles. The Morgan fingerprint density at radius 3 is 2.52 bits per heavy atom. The molecule has 4 rings (SSSR count). The second kappa shape index (κ2) is 7.12. The van der Waals surface area contributed by atoms with Crippen molar-refractivity contribution in [2.75, 3.05) is 38.5 Å². The van der Waals surface area contributed by atoms with E-state index < -0.39 is 0 Å². The third kappa shape index (κ3) is 3.92. The van der Waals surface area contributed by atoms with Crippen molar-refractivity contribution in [1.29, 1.82) is 0 Å². The number of nitrogens with zero attached hydrogens (tertiary/aromatic N) is 7. The van der Waals surface area contributed by atoms with Crippen LogP contribution in [0.2, 0.25) is 0 Å². The molecule has 3 heterocycles. The van der Waals surface area contributed by atoms with Gasteiger partial charge >= 0.3 is 0 Å². The number of likely N-dealkylation sites (N-methyl/N-ethyl adjacent to an activating group) is 1. The van der Waals surface area contributed by atoms with E-state index in [1.54, 1.807) is 0 Å². The van der Waals surface area contributed by atoms with Gasteiger partial charge in [0.25, 0.3) is 0 Å². The average molecular weight is 338 g/mol. The van der Waals surface area contributed by atoms with E-state index in [1.807, 2.05) is 12.1 Å². The summed E-state index contributed by atoms with van der Waals surface area (Å²) in [7, 11) is 2.19. The number of nitrogens with one attached hydrogen (secondary N) is 1. The summed E-state index contributed by atoms with van der Waals surface area (Å²) < 4.78 is 1.42. The van der Waals surface area contributed by atoms with Crippen LogP contribution in [0.1, 0.15) is 11.1 Å². The zero-order valence-electron chi connectivity index (χ0n) is 14.3. The summed E-state index contributed by atoms with van der Waals surface area (Å²) in [5.74, 6) is 0.751. The number of hydrogen-bond acceptors (Lipinski definition) is 7. The molecule has 0 aliphatic carbocycles. The molecule has 0 spiro atoms. The Morgan fingerprint density at radius 2 is 1.72 bits per heavy atom. The predicted octanol–water partition coefficient (Wildman–Crippen LogP) is 0.879. The molecule has 8 nitrogen and oxygen atoms in total. The summed E-state index contributed by atoms with van der Waals surface area (Å²) in [5.41, 5.74) is 3.22. The van der Waals surface area contributed by atoms with E-state index in [9.17, 15) is 0 Å². The van der Waals surface area contributed by atoms with Gasteiger partial charge in [0.2, 0.25) is 0 Å². The normalized spacial score (nSPS) is 16.4. The van der Waals surface area contributed by atoms with Crippen LogP contribution in [0.4, 0.5) is 5.82 Å². The fraction of sp³-hybridized carbons (Fsp3) is 0.412. The summed E-state index contributed by atoms with van der Waals surface area (Å²) >= 11 is 0. The molecule has 130 valence electrons. The largest absolute Gasteiger partial charge is 0.365 e. The van der Waals surface area contributed by atoms with Gasteiger partial charge in [0, 0.05) is 39.3 Å². The molecule has 1 fully saturated rings. The molecule has 8 heteroatoms. The van der Waals surface area contributed by atoms with E-state index in [4.69, 9.17) is 0 Å². The molecule has 0 bridgehead atoms. The zero-order chi connectivity index (χ0) is 17.1. The van der Waals surface area contributed by atoms with E-state index in [0.29, 0.717) is 5.65 Å². The van der Waals surface area contributed by atoms with Crippen molar-refractivity contribution in [1.82, 2.24) is 35.1 Å². The number of aromatic nitrogens is 5. The predicted molar refractivity (Wildman–Crippen MR) is 95.1 cm³/mol. The molecule has 1 aliphatic rings. The summed E-state index contributed by atoms with van der Waals surface area (Å²) in [6.07, 6.45) is 0. The number of tetrazole rings is 1. The maximum absolute atomic E-state index is 4.31. The number of rotatable bonds is 5. The molecule has 1 saturated heterocycles. The molecule has 2 aromatic heterocycles. The first-order chi connectivity index (χ1) is 12.3. The highest BCUT2D eigenvalue weighted by molar-refractivity contribution is 5.42. The van der Waals surface area contributed by atoms with Gasteiger partial charge in [-0.1, -0.05) is 24.3 Å². The topological polar surface area (TPSA) is 74.5 Å². The smallest absolute Gasteiger partial charge is 0.200 e. The van der Waals surface area contributed by atoms with Crippen molar-refractivity contribution in [3.05, 3.63) is 47.5 Å². The van der Waals surface area contributed by atoms with E-state index >= 15 is 0 Å². The lowest BCUT2D eigenvalue weighted by Crippen LogP contribution is -2.43. The summed E-state index contributed by atoms with van der Waals surface area (Å²) in [4.78, 5) is 4.89. The van der Waals surface area contributed by atoms with E-state index in [-0.39, 0.29) is 0 Å². The SMILES string of the molecule is CN1CCN(Cc2ccc(CNc3ccc4nnnn4n3)cc2)CC1. The van der Waals surface area contributed by atoms with E-state index in [0.717, 1.165) is 45.1 Å². The number of hydrogen-bond donors (Lipinski definition) is 1. The van der Waals surface area contributed by atoms with Crippen LogP contribution in [-0.4, -0.2) is 68.3 Å². The molecule has 0 radical (unpaired) electrons. The fourth-order valence-electron chi connectivity index (χ4n) is 2.96. The fourth-order valence-corrected chi connectivity index (χ4v) is 2.96. The maximum atomic E-state index is 4.31. The van der Waals surface area contributed by atoms with E-state index in [1.165, 1.54) is 15.8 Å². The number of piperazine rings is 1. The van der Waals surface area contributed by atoms with Crippen molar-refractivity contribution < 1.29 is 0 Å². The number of anilines is 1. The Balaban J connectivity index is 1.32. The lowest BCUT2D eigenvalue weighted by molar-refractivity contribution is 0.148. The second-order valence-corrected chi connectivity index (χ2v) is 6.49. The Morgan fingerprint density at radius 1 is 0.960 bits per heavy atom. The van der Waals surface area contributed by atoms with Crippen molar-refractivity contribution in [3.63, 3.8) is 0 Å². The van der Waals surface area contributed by atoms with E-state index in [2.05, 4.69) is 67.1 Å². The molecular weight excluding hydrogens is 316 g/mol. The average Bonchev–Trinajstić information content (AvgIpc) is 3.11. The molecule has 0 atom stereocenters. The minimum Gasteiger partial charge on any atom is -0.365 e. The Labute approximate surface area is 146 Å². The quantitative estimate of drug-likeness (QED) is 0.740. The first-order valence-corrected chi connectivity index (χ1v) is 8.54. The van der Waals surface area contributed by atoms with Crippen molar-refractivity contribution in [2.24, 2.45) is 0 Å². The van der Waals surface area contributed by atoms with Gasteiger partial charge in [-0.05, 0) is 40.7 Å². The van der Waals surface area contributed by atoms with Gasteiger partial charge in [-0.15, -0.1) is 14.8 Å². The number of fused-ring (bicyclic) bond motifs is 1. The van der Waals surface area contributed by atoms with Gasteiger partial charge in [-0.25, -0.2) is 0 Å². The highest BCUT2D eigenvalue weighted by atomic mass is 15.6. The molecule has 1 aliphatic heterocycles. The van der Waals surface area contributed by atoms with Crippen molar-refractivity contribution in [2.45, 2.75) is 13.1 Å². The maximum Gasteiger partial charge on any atom is 0.200 e. The van der Waals surface area contributed by atoms with Crippen LogP contribution >= 0.6 is 0 Å². The Bertz CT molecular complexity index is 820. The highest BCUT2D eigenvalue weighted by Gasteiger charge is 2.13. The molecule has 0 unspecified atom stereocenters. The molecule has 1 N–H and O–H groups in total. The summed E-state index contributed by atoms with van der Waals surface area (Å²) in [6, 6.07) is 12.5. The third-order valence-electron chi connectivity index (χ3n) is 4.57. The van der Waals surface area contributed by atoms with Crippen LogP contribution in [-0.2, 0) is 13.1 Å².